The molecule has 1 aromatic rings. The smallest absolute Gasteiger partial charge is 0.124 e. The summed E-state index contributed by atoms with van der Waals surface area (Å²) in [6.07, 6.45) is 1.65. The van der Waals surface area contributed by atoms with Gasteiger partial charge in [-0.05, 0) is 30.5 Å². The van der Waals surface area contributed by atoms with Crippen molar-refractivity contribution in [3.05, 3.63) is 34.1 Å². The molecule has 20 heavy (non-hydrogen) atoms. The third kappa shape index (κ3) is 4.67. The molecular weight excluding hydrogens is 347 g/mol. The van der Waals surface area contributed by atoms with Crippen LogP contribution in [0.25, 0.3) is 0 Å². The van der Waals surface area contributed by atoms with Crippen molar-refractivity contribution in [1.29, 1.82) is 0 Å². The van der Waals surface area contributed by atoms with Gasteiger partial charge in [0.1, 0.15) is 5.82 Å². The molecule has 1 fully saturated rings. The van der Waals surface area contributed by atoms with E-state index in [-0.39, 0.29) is 30.9 Å². The van der Waals surface area contributed by atoms with E-state index in [1.54, 1.807) is 0 Å². The molecule has 1 atom stereocenters. The number of nitrogens with zero attached hydrogens (tertiary/aromatic N) is 1. The van der Waals surface area contributed by atoms with Gasteiger partial charge in [-0.25, -0.2) is 4.39 Å². The van der Waals surface area contributed by atoms with Gasteiger partial charge in [0, 0.05) is 43.3 Å². The molecule has 3 nitrogen and oxygen atoms in total. The molecule has 0 aliphatic carbocycles. The fraction of sp³-hybridized carbons (Fsp3) is 0.571. The maximum atomic E-state index is 13.2. The van der Waals surface area contributed by atoms with E-state index in [0.29, 0.717) is 0 Å². The van der Waals surface area contributed by atoms with Crippen LogP contribution in [0.5, 0.6) is 0 Å². The molecule has 6 heteroatoms. The highest BCUT2D eigenvalue weighted by molar-refractivity contribution is 9.10. The van der Waals surface area contributed by atoms with Gasteiger partial charge in [-0.15, -0.1) is 12.4 Å². The summed E-state index contributed by atoms with van der Waals surface area (Å²) in [5.41, 5.74) is 1.11. The number of rotatable bonds is 5. The first-order chi connectivity index (χ1) is 9.22. The predicted molar refractivity (Wildman–Crippen MR) is 84.9 cm³/mol. The van der Waals surface area contributed by atoms with Gasteiger partial charge in [0.05, 0.1) is 0 Å². The van der Waals surface area contributed by atoms with E-state index in [1.807, 2.05) is 6.07 Å². The van der Waals surface area contributed by atoms with E-state index in [9.17, 15) is 4.39 Å². The fourth-order valence-electron chi connectivity index (χ4n) is 2.58. The second kappa shape index (κ2) is 8.95. The molecule has 0 saturated carbocycles. The second-order valence-corrected chi connectivity index (χ2v) is 5.69. The van der Waals surface area contributed by atoms with E-state index >= 15 is 0 Å². The zero-order valence-corrected chi connectivity index (χ0v) is 13.7. The van der Waals surface area contributed by atoms with Crippen molar-refractivity contribution in [2.45, 2.75) is 18.9 Å². The molecule has 2 rings (SSSR count). The Bertz CT molecular complexity index is 416. The molecule has 0 spiro atoms. The van der Waals surface area contributed by atoms with Gasteiger partial charge in [0.25, 0.3) is 0 Å². The maximum Gasteiger partial charge on any atom is 0.124 e. The maximum absolute atomic E-state index is 13.2. The minimum absolute atomic E-state index is 0. The normalized spacial score (nSPS) is 17.6. The van der Waals surface area contributed by atoms with Crippen molar-refractivity contribution in [2.75, 3.05) is 32.8 Å². The van der Waals surface area contributed by atoms with Crippen LogP contribution >= 0.6 is 28.3 Å². The Labute approximate surface area is 134 Å². The molecule has 0 bridgehead atoms. The van der Waals surface area contributed by atoms with Gasteiger partial charge in [0.15, 0.2) is 0 Å². The van der Waals surface area contributed by atoms with E-state index < -0.39 is 0 Å². The number of benzene rings is 1. The SMILES string of the molecule is Cl.OCCC[C@@H](c1ccc(F)cc1Br)N1CCNCC1. The Balaban J connectivity index is 0.00000200. The van der Waals surface area contributed by atoms with E-state index in [1.165, 1.54) is 12.1 Å². The third-order valence-corrected chi connectivity index (χ3v) is 4.24. The summed E-state index contributed by atoms with van der Waals surface area (Å²) >= 11 is 3.46. The number of hydrogen-bond acceptors (Lipinski definition) is 3. The number of halogens is 3. The van der Waals surface area contributed by atoms with E-state index in [4.69, 9.17) is 5.11 Å². The van der Waals surface area contributed by atoms with Crippen molar-refractivity contribution in [3.8, 4) is 0 Å². The lowest BCUT2D eigenvalue weighted by molar-refractivity contribution is 0.154. The molecule has 2 N–H and O–H groups in total. The number of hydrogen-bond donors (Lipinski definition) is 2. The van der Waals surface area contributed by atoms with Crippen LogP contribution in [0.2, 0.25) is 0 Å². The monoisotopic (exact) mass is 366 g/mol. The van der Waals surface area contributed by atoms with Crippen LogP contribution in [-0.4, -0.2) is 42.8 Å². The number of piperazine rings is 1. The number of aliphatic hydroxyl groups is 1. The lowest BCUT2D eigenvalue weighted by Gasteiger charge is -2.35. The van der Waals surface area contributed by atoms with Crippen LogP contribution in [-0.2, 0) is 0 Å². The molecule has 1 heterocycles. The Morgan fingerprint density at radius 3 is 2.65 bits per heavy atom. The van der Waals surface area contributed by atoms with Gasteiger partial charge in [-0.3, -0.25) is 4.90 Å². The fourth-order valence-corrected chi connectivity index (χ4v) is 3.20. The van der Waals surface area contributed by atoms with Crippen LogP contribution < -0.4 is 5.32 Å². The van der Waals surface area contributed by atoms with Crippen molar-refractivity contribution in [2.24, 2.45) is 0 Å². The van der Waals surface area contributed by atoms with Crippen molar-refractivity contribution >= 4 is 28.3 Å². The van der Waals surface area contributed by atoms with Crippen LogP contribution in [0.3, 0.4) is 0 Å². The summed E-state index contributed by atoms with van der Waals surface area (Å²) in [4.78, 5) is 2.41. The molecule has 0 amide bonds. The Kier molecular flexibility index (Phi) is 7.99. The summed E-state index contributed by atoms with van der Waals surface area (Å²) in [5, 5.41) is 12.4. The van der Waals surface area contributed by atoms with Crippen molar-refractivity contribution in [1.82, 2.24) is 10.2 Å². The summed E-state index contributed by atoms with van der Waals surface area (Å²) in [5.74, 6) is -0.225. The zero-order valence-electron chi connectivity index (χ0n) is 11.3. The quantitative estimate of drug-likeness (QED) is 0.840. The van der Waals surface area contributed by atoms with Crippen LogP contribution in [0.1, 0.15) is 24.4 Å². The van der Waals surface area contributed by atoms with Crippen LogP contribution in [0.4, 0.5) is 4.39 Å². The lowest BCUT2D eigenvalue weighted by atomic mass is 9.99. The Morgan fingerprint density at radius 1 is 1.35 bits per heavy atom. The minimum Gasteiger partial charge on any atom is -0.396 e. The predicted octanol–water partition coefficient (Wildman–Crippen LogP) is 2.73. The van der Waals surface area contributed by atoms with E-state index in [0.717, 1.165) is 49.1 Å². The molecular formula is C14H21BrClFN2O. The summed E-state index contributed by atoms with van der Waals surface area (Å²) in [6, 6.07) is 5.12. The molecule has 1 aliphatic heterocycles. The Hall–Kier alpha value is -0.200. The van der Waals surface area contributed by atoms with Gasteiger partial charge in [-0.1, -0.05) is 22.0 Å². The molecule has 0 radical (unpaired) electrons. The van der Waals surface area contributed by atoms with Crippen molar-refractivity contribution in [3.63, 3.8) is 0 Å². The van der Waals surface area contributed by atoms with Crippen molar-refractivity contribution < 1.29 is 9.50 Å². The molecule has 0 aromatic heterocycles. The zero-order chi connectivity index (χ0) is 13.7. The molecule has 1 aliphatic rings. The van der Waals surface area contributed by atoms with Gasteiger partial charge in [-0.2, -0.15) is 0 Å². The number of aliphatic hydroxyl groups excluding tert-OH is 1. The highest BCUT2D eigenvalue weighted by Gasteiger charge is 2.23. The minimum atomic E-state index is -0.225. The van der Waals surface area contributed by atoms with Gasteiger partial charge in [0.2, 0.25) is 0 Å². The Morgan fingerprint density at radius 2 is 2.05 bits per heavy atom. The van der Waals surface area contributed by atoms with E-state index in [2.05, 4.69) is 26.1 Å². The largest absolute Gasteiger partial charge is 0.396 e. The lowest BCUT2D eigenvalue weighted by Crippen LogP contribution is -2.45. The summed E-state index contributed by atoms with van der Waals surface area (Å²) in [6.45, 7) is 4.13. The van der Waals surface area contributed by atoms with Gasteiger partial charge < -0.3 is 10.4 Å². The molecule has 1 aromatic carbocycles. The molecule has 0 unspecified atom stereocenters. The van der Waals surface area contributed by atoms with Gasteiger partial charge >= 0.3 is 0 Å². The average Bonchev–Trinajstić information content (AvgIpc) is 2.42. The molecule has 114 valence electrons. The number of nitrogens with one attached hydrogen (secondary N) is 1. The first-order valence-electron chi connectivity index (χ1n) is 6.73. The topological polar surface area (TPSA) is 35.5 Å². The summed E-state index contributed by atoms with van der Waals surface area (Å²) < 4.78 is 14.0. The van der Waals surface area contributed by atoms with Crippen LogP contribution in [0.15, 0.2) is 22.7 Å². The highest BCUT2D eigenvalue weighted by Crippen LogP contribution is 2.32. The molecule has 1 saturated heterocycles. The standard InChI is InChI=1S/C14H20BrFN2O.ClH/c15-13-10-11(16)3-4-12(13)14(2-1-9-19)18-7-5-17-6-8-18;/h3-4,10,14,17,19H,1-2,5-9H2;1H/t14-;/m0./s1. The first kappa shape index (κ1) is 17.9. The second-order valence-electron chi connectivity index (χ2n) is 4.83. The highest BCUT2D eigenvalue weighted by atomic mass is 79.9. The average molecular weight is 368 g/mol. The first-order valence-corrected chi connectivity index (χ1v) is 7.52. The summed E-state index contributed by atoms with van der Waals surface area (Å²) in [7, 11) is 0. The van der Waals surface area contributed by atoms with Crippen LogP contribution in [0, 0.1) is 5.82 Å². The third-order valence-electron chi connectivity index (χ3n) is 3.55.